The Bertz CT molecular complexity index is 841. The normalized spacial score (nSPS) is 49.1. The minimum Gasteiger partial charge on any atom is -0.393 e. The Balaban J connectivity index is 1.66. The van der Waals surface area contributed by atoms with Crippen molar-refractivity contribution in [1.82, 2.24) is 0 Å². The molecule has 0 heterocycles. The van der Waals surface area contributed by atoms with Crippen LogP contribution in [-0.4, -0.2) is 59.1 Å². The van der Waals surface area contributed by atoms with Gasteiger partial charge in [0, 0.05) is 14.2 Å². The molecule has 5 heteroatoms. The third-order valence-electron chi connectivity index (χ3n) is 13.5. The molecule has 11 atom stereocenters. The summed E-state index contributed by atoms with van der Waals surface area (Å²) in [5.74, 6) is 0.808. The standard InChI is InChI=1S/C32H58O5/c1-27(2,36-9)14-11-15-32(8,37-10)20-12-17-30(6)25(20)21(33)18-23-29(5)16-13-24(35)28(3,4)26(29)22(34)19-31(23,30)7/h20-26,33-35H,11-19H2,1-10H3/t20-,21+,22-,23+,24-,25-,26-,29+,30+,31+,32-/m0/s1. The number of hydrogen-bond donors (Lipinski definition) is 3. The molecule has 0 spiro atoms. The lowest BCUT2D eigenvalue weighted by atomic mass is 9.34. The maximum absolute atomic E-state index is 12.0. The SMILES string of the molecule is COC(C)(C)CCC[C@](C)(OC)[C@H]1CC[C@]2(C)[C@@H]1[C@H](O)C[C@@H]1[C@@]3(C)CC[C@H](O)C(C)(C)[C@@H]3[C@@H](O)C[C@]12C. The fraction of sp³-hybridized carbons (Fsp3) is 1.00. The van der Waals surface area contributed by atoms with Crippen molar-refractivity contribution in [2.45, 2.75) is 143 Å². The van der Waals surface area contributed by atoms with E-state index in [0.29, 0.717) is 5.92 Å². The van der Waals surface area contributed by atoms with Gasteiger partial charge in [0.05, 0.1) is 29.5 Å². The molecule has 4 rings (SSSR count). The van der Waals surface area contributed by atoms with Gasteiger partial charge in [0.1, 0.15) is 0 Å². The van der Waals surface area contributed by atoms with Crippen LogP contribution in [0.1, 0.15) is 113 Å². The van der Waals surface area contributed by atoms with E-state index in [1.165, 1.54) is 0 Å². The van der Waals surface area contributed by atoms with Gasteiger partial charge in [-0.05, 0) is 124 Å². The fourth-order valence-corrected chi connectivity index (χ4v) is 11.0. The summed E-state index contributed by atoms with van der Waals surface area (Å²) in [6, 6.07) is 0. The van der Waals surface area contributed by atoms with Crippen molar-refractivity contribution >= 4 is 0 Å². The predicted molar refractivity (Wildman–Crippen MR) is 148 cm³/mol. The van der Waals surface area contributed by atoms with Crippen LogP contribution in [0.5, 0.6) is 0 Å². The minimum absolute atomic E-state index is 0.0414. The largest absolute Gasteiger partial charge is 0.393 e. The Labute approximate surface area is 227 Å². The first-order valence-electron chi connectivity index (χ1n) is 15.1. The average molecular weight is 523 g/mol. The third-order valence-corrected chi connectivity index (χ3v) is 13.5. The first-order chi connectivity index (χ1) is 16.9. The van der Waals surface area contributed by atoms with Gasteiger partial charge >= 0.3 is 0 Å². The summed E-state index contributed by atoms with van der Waals surface area (Å²) in [7, 11) is 3.63. The zero-order chi connectivity index (χ0) is 27.8. The quantitative estimate of drug-likeness (QED) is 0.384. The van der Waals surface area contributed by atoms with Crippen LogP contribution in [0, 0.1) is 45.3 Å². The highest BCUT2D eigenvalue weighted by molar-refractivity contribution is 5.21. The summed E-state index contributed by atoms with van der Waals surface area (Å²) in [5, 5.41) is 34.7. The van der Waals surface area contributed by atoms with Crippen LogP contribution in [0.25, 0.3) is 0 Å². The number of aliphatic hydroxyl groups excluding tert-OH is 3. The molecule has 4 aliphatic rings. The highest BCUT2D eigenvalue weighted by atomic mass is 16.5. The molecule has 0 radical (unpaired) electrons. The van der Waals surface area contributed by atoms with Crippen molar-refractivity contribution < 1.29 is 24.8 Å². The van der Waals surface area contributed by atoms with Gasteiger partial charge in [0.25, 0.3) is 0 Å². The molecule has 0 aromatic heterocycles. The number of hydrogen-bond acceptors (Lipinski definition) is 5. The molecule has 0 amide bonds. The highest BCUT2D eigenvalue weighted by Crippen LogP contribution is 2.75. The fourth-order valence-electron chi connectivity index (χ4n) is 11.0. The molecular weight excluding hydrogens is 464 g/mol. The summed E-state index contributed by atoms with van der Waals surface area (Å²) >= 11 is 0. The van der Waals surface area contributed by atoms with E-state index in [2.05, 4.69) is 55.4 Å². The lowest BCUT2D eigenvalue weighted by Crippen LogP contribution is -2.69. The van der Waals surface area contributed by atoms with Crippen LogP contribution in [0.2, 0.25) is 0 Å². The zero-order valence-electron chi connectivity index (χ0n) is 25.6. The van der Waals surface area contributed by atoms with Gasteiger partial charge in [-0.15, -0.1) is 0 Å². The monoisotopic (exact) mass is 522 g/mol. The van der Waals surface area contributed by atoms with Crippen LogP contribution in [0.15, 0.2) is 0 Å². The van der Waals surface area contributed by atoms with Crippen molar-refractivity contribution in [3.05, 3.63) is 0 Å². The number of methoxy groups -OCH3 is 2. The highest BCUT2D eigenvalue weighted by Gasteiger charge is 2.73. The average Bonchev–Trinajstić information content (AvgIpc) is 3.18. The van der Waals surface area contributed by atoms with Gasteiger partial charge in [0.15, 0.2) is 0 Å². The third kappa shape index (κ3) is 4.28. The summed E-state index contributed by atoms with van der Waals surface area (Å²) in [6.07, 6.45) is 7.12. The van der Waals surface area contributed by atoms with E-state index < -0.39 is 6.10 Å². The molecule has 0 aromatic rings. The van der Waals surface area contributed by atoms with E-state index in [4.69, 9.17) is 9.47 Å². The van der Waals surface area contributed by atoms with Gasteiger partial charge in [-0.25, -0.2) is 0 Å². The van der Waals surface area contributed by atoms with Gasteiger partial charge in [-0.3, -0.25) is 0 Å². The lowest BCUT2D eigenvalue weighted by molar-refractivity contribution is -0.274. The van der Waals surface area contributed by atoms with Gasteiger partial charge in [0.2, 0.25) is 0 Å². The van der Waals surface area contributed by atoms with Crippen molar-refractivity contribution in [2.24, 2.45) is 45.3 Å². The Morgan fingerprint density at radius 3 is 2.05 bits per heavy atom. The Kier molecular flexibility index (Phi) is 7.59. The van der Waals surface area contributed by atoms with Crippen LogP contribution in [0.3, 0.4) is 0 Å². The van der Waals surface area contributed by atoms with E-state index in [9.17, 15) is 15.3 Å². The topological polar surface area (TPSA) is 79.2 Å². The van der Waals surface area contributed by atoms with Crippen molar-refractivity contribution in [2.75, 3.05) is 14.2 Å². The number of rotatable bonds is 7. The summed E-state index contributed by atoms with van der Waals surface area (Å²) in [5.41, 5.74) is -1.01. The van der Waals surface area contributed by atoms with E-state index in [1.54, 1.807) is 7.11 Å². The van der Waals surface area contributed by atoms with Gasteiger partial charge < -0.3 is 24.8 Å². The second-order valence-electron chi connectivity index (χ2n) is 15.8. The molecule has 0 unspecified atom stereocenters. The summed E-state index contributed by atoms with van der Waals surface area (Å²) in [4.78, 5) is 0. The van der Waals surface area contributed by atoms with Crippen molar-refractivity contribution in [1.29, 1.82) is 0 Å². The second kappa shape index (κ2) is 9.43. The summed E-state index contributed by atoms with van der Waals surface area (Å²) < 4.78 is 12.0. The molecule has 5 nitrogen and oxygen atoms in total. The smallest absolute Gasteiger partial charge is 0.0682 e. The molecule has 3 N–H and O–H groups in total. The Morgan fingerprint density at radius 2 is 1.46 bits per heavy atom. The molecule has 0 bridgehead atoms. The molecule has 0 aromatic carbocycles. The second-order valence-corrected chi connectivity index (χ2v) is 15.8. The molecule has 4 fully saturated rings. The first kappa shape index (κ1) is 29.8. The van der Waals surface area contributed by atoms with Crippen molar-refractivity contribution in [3.8, 4) is 0 Å². The van der Waals surface area contributed by atoms with Crippen molar-refractivity contribution in [3.63, 3.8) is 0 Å². The molecule has 0 aliphatic heterocycles. The Morgan fingerprint density at radius 1 is 0.811 bits per heavy atom. The zero-order valence-corrected chi connectivity index (χ0v) is 25.6. The molecule has 4 saturated carbocycles. The predicted octanol–water partition coefficient (Wildman–Crippen LogP) is 5.97. The van der Waals surface area contributed by atoms with Crippen LogP contribution in [-0.2, 0) is 9.47 Å². The van der Waals surface area contributed by atoms with Gasteiger partial charge in [-0.2, -0.15) is 0 Å². The summed E-state index contributed by atoms with van der Waals surface area (Å²) in [6.45, 7) is 18.1. The van der Waals surface area contributed by atoms with E-state index in [0.717, 1.165) is 57.8 Å². The lowest BCUT2D eigenvalue weighted by Gasteiger charge is -2.71. The van der Waals surface area contributed by atoms with Crippen LogP contribution < -0.4 is 0 Å². The van der Waals surface area contributed by atoms with Crippen LogP contribution >= 0.6 is 0 Å². The number of aliphatic hydroxyl groups is 3. The Hall–Kier alpha value is -0.200. The number of fused-ring (bicyclic) bond motifs is 5. The maximum atomic E-state index is 12.0. The van der Waals surface area contributed by atoms with E-state index in [-0.39, 0.29) is 62.8 Å². The minimum atomic E-state index is -0.437. The molecule has 4 aliphatic carbocycles. The first-order valence-corrected chi connectivity index (χ1v) is 15.1. The molecule has 37 heavy (non-hydrogen) atoms. The molecule has 0 saturated heterocycles. The molecular formula is C32H58O5. The van der Waals surface area contributed by atoms with Crippen LogP contribution in [0.4, 0.5) is 0 Å². The van der Waals surface area contributed by atoms with Gasteiger partial charge in [-0.1, -0.05) is 34.6 Å². The maximum Gasteiger partial charge on any atom is 0.0682 e. The number of ether oxygens (including phenoxy) is 2. The van der Waals surface area contributed by atoms with E-state index >= 15 is 0 Å². The molecule has 216 valence electrons. The van der Waals surface area contributed by atoms with E-state index in [1.807, 2.05) is 7.11 Å².